The van der Waals surface area contributed by atoms with Crippen LogP contribution in [0.1, 0.15) is 30.9 Å². The Kier molecular flexibility index (Phi) is 4.78. The molecule has 4 nitrogen and oxygen atoms in total. The number of nitrogens with two attached hydrogens (primary N) is 1. The minimum Gasteiger partial charge on any atom is -0.381 e. The SMILES string of the molecule is Cc1ccccc1CC(C)NC(=O)C1(N)CCOCC1. The van der Waals surface area contributed by atoms with Crippen LogP contribution < -0.4 is 11.1 Å². The third-order valence-corrected chi connectivity index (χ3v) is 4.00. The number of carbonyl (C=O) groups excluding carboxylic acids is 1. The Balaban J connectivity index is 1.92. The monoisotopic (exact) mass is 276 g/mol. The molecule has 110 valence electrons. The Labute approximate surface area is 120 Å². The van der Waals surface area contributed by atoms with Crippen molar-refractivity contribution in [1.29, 1.82) is 0 Å². The molecule has 1 fully saturated rings. The smallest absolute Gasteiger partial charge is 0.240 e. The van der Waals surface area contributed by atoms with E-state index in [-0.39, 0.29) is 11.9 Å². The molecule has 4 heteroatoms. The minimum absolute atomic E-state index is 0.0538. The molecular weight excluding hydrogens is 252 g/mol. The zero-order valence-electron chi connectivity index (χ0n) is 12.3. The molecule has 1 aromatic rings. The van der Waals surface area contributed by atoms with Gasteiger partial charge in [-0.15, -0.1) is 0 Å². The van der Waals surface area contributed by atoms with Crippen molar-refractivity contribution in [3.8, 4) is 0 Å². The number of hydrogen-bond donors (Lipinski definition) is 2. The molecular formula is C16H24N2O2. The Morgan fingerprint density at radius 1 is 1.40 bits per heavy atom. The lowest BCUT2D eigenvalue weighted by molar-refractivity contribution is -0.130. The van der Waals surface area contributed by atoms with E-state index in [4.69, 9.17) is 10.5 Å². The summed E-state index contributed by atoms with van der Waals surface area (Å²) in [6.07, 6.45) is 2.01. The van der Waals surface area contributed by atoms with Gasteiger partial charge in [-0.3, -0.25) is 4.79 Å². The number of nitrogens with one attached hydrogen (secondary N) is 1. The number of aryl methyl sites for hydroxylation is 1. The summed E-state index contributed by atoms with van der Waals surface area (Å²) in [6.45, 7) is 5.24. The van der Waals surface area contributed by atoms with Crippen LogP contribution in [-0.4, -0.2) is 30.7 Å². The molecule has 1 heterocycles. The second kappa shape index (κ2) is 6.37. The summed E-state index contributed by atoms with van der Waals surface area (Å²) in [5, 5.41) is 3.05. The standard InChI is InChI=1S/C16H24N2O2/c1-12-5-3-4-6-14(12)11-13(2)18-15(19)16(17)7-9-20-10-8-16/h3-6,13H,7-11,17H2,1-2H3,(H,18,19). The van der Waals surface area contributed by atoms with E-state index in [0.717, 1.165) is 6.42 Å². The minimum atomic E-state index is -0.766. The van der Waals surface area contributed by atoms with E-state index in [2.05, 4.69) is 24.4 Å². The second-order valence-corrected chi connectivity index (χ2v) is 5.77. The number of hydrogen-bond acceptors (Lipinski definition) is 3. The highest BCUT2D eigenvalue weighted by Crippen LogP contribution is 2.18. The molecule has 0 radical (unpaired) electrons. The number of amides is 1. The average Bonchev–Trinajstić information content (AvgIpc) is 2.42. The highest BCUT2D eigenvalue weighted by molar-refractivity contribution is 5.86. The first-order valence-corrected chi connectivity index (χ1v) is 7.23. The highest BCUT2D eigenvalue weighted by Gasteiger charge is 2.36. The molecule has 1 unspecified atom stereocenters. The van der Waals surface area contributed by atoms with E-state index < -0.39 is 5.54 Å². The topological polar surface area (TPSA) is 64.4 Å². The lowest BCUT2D eigenvalue weighted by Gasteiger charge is -2.33. The van der Waals surface area contributed by atoms with Gasteiger partial charge in [0.2, 0.25) is 5.91 Å². The predicted molar refractivity (Wildman–Crippen MR) is 79.5 cm³/mol. The molecule has 0 bridgehead atoms. The van der Waals surface area contributed by atoms with Crippen LogP contribution >= 0.6 is 0 Å². The van der Waals surface area contributed by atoms with Crippen molar-refractivity contribution < 1.29 is 9.53 Å². The van der Waals surface area contributed by atoms with Crippen molar-refractivity contribution >= 4 is 5.91 Å². The first-order chi connectivity index (χ1) is 9.51. The van der Waals surface area contributed by atoms with Gasteiger partial charge in [0.1, 0.15) is 0 Å². The molecule has 0 aliphatic carbocycles. The van der Waals surface area contributed by atoms with Gasteiger partial charge in [-0.05, 0) is 44.2 Å². The van der Waals surface area contributed by atoms with E-state index in [0.29, 0.717) is 26.1 Å². The lowest BCUT2D eigenvalue weighted by Crippen LogP contribution is -2.58. The van der Waals surface area contributed by atoms with Gasteiger partial charge in [0, 0.05) is 19.3 Å². The maximum absolute atomic E-state index is 12.3. The van der Waals surface area contributed by atoms with Crippen LogP contribution in [0.4, 0.5) is 0 Å². The third-order valence-electron chi connectivity index (χ3n) is 4.00. The quantitative estimate of drug-likeness (QED) is 0.877. The molecule has 0 aromatic heterocycles. The van der Waals surface area contributed by atoms with Gasteiger partial charge in [-0.1, -0.05) is 24.3 Å². The number of rotatable bonds is 4. The molecule has 2 rings (SSSR count). The van der Waals surface area contributed by atoms with E-state index in [1.807, 2.05) is 19.1 Å². The fraction of sp³-hybridized carbons (Fsp3) is 0.562. The van der Waals surface area contributed by atoms with Crippen molar-refractivity contribution in [3.05, 3.63) is 35.4 Å². The fourth-order valence-corrected chi connectivity index (χ4v) is 2.55. The van der Waals surface area contributed by atoms with Gasteiger partial charge < -0.3 is 15.8 Å². The summed E-state index contributed by atoms with van der Waals surface area (Å²) in [5.41, 5.74) is 7.93. The normalized spacial score (nSPS) is 19.4. The van der Waals surface area contributed by atoms with Crippen LogP contribution in [0.25, 0.3) is 0 Å². The van der Waals surface area contributed by atoms with E-state index in [9.17, 15) is 4.79 Å². The first-order valence-electron chi connectivity index (χ1n) is 7.23. The van der Waals surface area contributed by atoms with Gasteiger partial charge in [-0.2, -0.15) is 0 Å². The van der Waals surface area contributed by atoms with Gasteiger partial charge >= 0.3 is 0 Å². The Bertz CT molecular complexity index is 467. The summed E-state index contributed by atoms with van der Waals surface area (Å²) in [5.74, 6) is -0.0538. The summed E-state index contributed by atoms with van der Waals surface area (Å²) < 4.78 is 5.27. The van der Waals surface area contributed by atoms with Gasteiger partial charge in [-0.25, -0.2) is 0 Å². The van der Waals surface area contributed by atoms with Crippen molar-refractivity contribution in [3.63, 3.8) is 0 Å². The third kappa shape index (κ3) is 3.58. The average molecular weight is 276 g/mol. The summed E-state index contributed by atoms with van der Waals surface area (Å²) in [4.78, 5) is 12.3. The van der Waals surface area contributed by atoms with Crippen LogP contribution in [0.5, 0.6) is 0 Å². The van der Waals surface area contributed by atoms with Crippen LogP contribution in [-0.2, 0) is 16.0 Å². The summed E-state index contributed by atoms with van der Waals surface area (Å²) in [7, 11) is 0. The maximum Gasteiger partial charge on any atom is 0.240 e. The van der Waals surface area contributed by atoms with Crippen LogP contribution in [0.3, 0.4) is 0 Å². The van der Waals surface area contributed by atoms with Crippen molar-refractivity contribution in [2.45, 2.75) is 44.7 Å². The van der Waals surface area contributed by atoms with Crippen LogP contribution in [0.2, 0.25) is 0 Å². The van der Waals surface area contributed by atoms with Crippen molar-refractivity contribution in [2.24, 2.45) is 5.73 Å². The molecule has 3 N–H and O–H groups in total. The van der Waals surface area contributed by atoms with E-state index in [1.54, 1.807) is 0 Å². The first kappa shape index (κ1) is 15.0. The molecule has 1 amide bonds. The van der Waals surface area contributed by atoms with E-state index in [1.165, 1.54) is 11.1 Å². The molecule has 1 atom stereocenters. The van der Waals surface area contributed by atoms with Gasteiger partial charge in [0.05, 0.1) is 5.54 Å². The zero-order chi connectivity index (χ0) is 14.6. The Hall–Kier alpha value is -1.39. The largest absolute Gasteiger partial charge is 0.381 e. The summed E-state index contributed by atoms with van der Waals surface area (Å²) in [6, 6.07) is 8.32. The molecule has 0 spiro atoms. The fourth-order valence-electron chi connectivity index (χ4n) is 2.55. The number of ether oxygens (including phenoxy) is 1. The molecule has 1 aliphatic rings. The van der Waals surface area contributed by atoms with Gasteiger partial charge in [0.25, 0.3) is 0 Å². The maximum atomic E-state index is 12.3. The molecule has 1 saturated heterocycles. The van der Waals surface area contributed by atoms with Gasteiger partial charge in [0.15, 0.2) is 0 Å². The predicted octanol–water partition coefficient (Wildman–Crippen LogP) is 1.55. The highest BCUT2D eigenvalue weighted by atomic mass is 16.5. The lowest BCUT2D eigenvalue weighted by atomic mass is 9.90. The zero-order valence-corrected chi connectivity index (χ0v) is 12.3. The Morgan fingerprint density at radius 3 is 2.70 bits per heavy atom. The van der Waals surface area contributed by atoms with Crippen molar-refractivity contribution in [1.82, 2.24) is 5.32 Å². The van der Waals surface area contributed by atoms with Crippen molar-refractivity contribution in [2.75, 3.05) is 13.2 Å². The molecule has 1 aromatic carbocycles. The number of carbonyl (C=O) groups is 1. The van der Waals surface area contributed by atoms with E-state index >= 15 is 0 Å². The number of benzene rings is 1. The van der Waals surface area contributed by atoms with Crippen LogP contribution in [0, 0.1) is 6.92 Å². The summed E-state index contributed by atoms with van der Waals surface area (Å²) >= 11 is 0. The molecule has 20 heavy (non-hydrogen) atoms. The Morgan fingerprint density at radius 2 is 2.05 bits per heavy atom. The van der Waals surface area contributed by atoms with Crippen LogP contribution in [0.15, 0.2) is 24.3 Å². The molecule has 0 saturated carbocycles. The second-order valence-electron chi connectivity index (χ2n) is 5.77. The molecule has 1 aliphatic heterocycles.